The van der Waals surface area contributed by atoms with Gasteiger partial charge in [-0.1, -0.05) is 95.3 Å². The maximum Gasteiger partial charge on any atom is 0.261 e. The zero-order valence-corrected chi connectivity index (χ0v) is 18.2. The van der Waals surface area contributed by atoms with Gasteiger partial charge in [0.15, 0.2) is 6.29 Å². The Bertz CT molecular complexity index is 677. The summed E-state index contributed by atoms with van der Waals surface area (Å²) < 4.78 is 18.6. The highest BCUT2D eigenvalue weighted by molar-refractivity contribution is 6.99. The van der Waals surface area contributed by atoms with Crippen molar-refractivity contribution in [3.63, 3.8) is 0 Å². The van der Waals surface area contributed by atoms with Crippen molar-refractivity contribution >= 4 is 18.7 Å². The summed E-state index contributed by atoms with van der Waals surface area (Å²) in [7, 11) is -2.52. The van der Waals surface area contributed by atoms with Crippen LogP contribution in [0.2, 0.25) is 5.04 Å². The van der Waals surface area contributed by atoms with Crippen molar-refractivity contribution in [2.75, 3.05) is 19.8 Å². The van der Waals surface area contributed by atoms with Gasteiger partial charge >= 0.3 is 0 Å². The first-order valence-electron chi connectivity index (χ1n) is 9.76. The van der Waals surface area contributed by atoms with Crippen molar-refractivity contribution in [3.05, 3.63) is 60.7 Å². The van der Waals surface area contributed by atoms with Crippen molar-refractivity contribution in [3.8, 4) is 0 Å². The highest BCUT2D eigenvalue weighted by atomic mass is 28.4. The van der Waals surface area contributed by atoms with Crippen molar-refractivity contribution in [1.29, 1.82) is 0 Å². The molecule has 3 nitrogen and oxygen atoms in total. The molecule has 0 N–H and O–H groups in total. The van der Waals surface area contributed by atoms with Crippen LogP contribution in [-0.2, 0) is 13.9 Å². The maximum atomic E-state index is 7.02. The molecule has 0 bridgehead atoms. The van der Waals surface area contributed by atoms with Gasteiger partial charge in [0.1, 0.15) is 0 Å². The van der Waals surface area contributed by atoms with Gasteiger partial charge in [-0.3, -0.25) is 0 Å². The van der Waals surface area contributed by atoms with Crippen LogP contribution in [0.3, 0.4) is 0 Å². The predicted molar refractivity (Wildman–Crippen MR) is 113 cm³/mol. The van der Waals surface area contributed by atoms with E-state index in [1.54, 1.807) is 0 Å². The van der Waals surface area contributed by atoms with Gasteiger partial charge in [-0.05, 0) is 15.4 Å². The van der Waals surface area contributed by atoms with Gasteiger partial charge < -0.3 is 13.9 Å². The van der Waals surface area contributed by atoms with Gasteiger partial charge in [-0.2, -0.15) is 0 Å². The molecule has 1 aliphatic heterocycles. The van der Waals surface area contributed by atoms with E-state index < -0.39 is 8.32 Å². The summed E-state index contributed by atoms with van der Waals surface area (Å²) in [5, 5.41) is 2.57. The SMILES string of the molecule is CC(C)(CO[Si](c1ccccc1)(c1ccccc1)C(C)(C)C)C1OCCO1. The quantitative estimate of drug-likeness (QED) is 0.706. The van der Waals surface area contributed by atoms with Crippen molar-refractivity contribution < 1.29 is 13.9 Å². The van der Waals surface area contributed by atoms with Crippen LogP contribution in [0.4, 0.5) is 0 Å². The van der Waals surface area contributed by atoms with Gasteiger partial charge in [0.2, 0.25) is 0 Å². The Morgan fingerprint density at radius 1 is 0.815 bits per heavy atom. The lowest BCUT2D eigenvalue weighted by Gasteiger charge is -2.45. The van der Waals surface area contributed by atoms with Crippen LogP contribution in [0.5, 0.6) is 0 Å². The monoisotopic (exact) mass is 384 g/mol. The lowest BCUT2D eigenvalue weighted by Crippen LogP contribution is -2.67. The van der Waals surface area contributed by atoms with Crippen LogP contribution in [0.1, 0.15) is 34.6 Å². The first-order chi connectivity index (χ1) is 12.8. The van der Waals surface area contributed by atoms with Crippen molar-refractivity contribution in [2.45, 2.75) is 45.9 Å². The number of ether oxygens (including phenoxy) is 2. The summed E-state index contributed by atoms with van der Waals surface area (Å²) in [6.07, 6.45) is -0.212. The van der Waals surface area contributed by atoms with E-state index in [1.807, 2.05) is 0 Å². The van der Waals surface area contributed by atoms with E-state index in [1.165, 1.54) is 10.4 Å². The Balaban J connectivity index is 2.04. The van der Waals surface area contributed by atoms with Crippen LogP contribution in [0, 0.1) is 5.41 Å². The van der Waals surface area contributed by atoms with Crippen LogP contribution in [0.15, 0.2) is 60.7 Å². The van der Waals surface area contributed by atoms with Gasteiger partial charge in [0.05, 0.1) is 13.2 Å². The summed E-state index contributed by atoms with van der Waals surface area (Å²) in [6.45, 7) is 13.1. The molecule has 0 aromatic heterocycles. The molecule has 0 spiro atoms. The van der Waals surface area contributed by atoms with E-state index >= 15 is 0 Å². The van der Waals surface area contributed by atoms with Gasteiger partial charge in [0.25, 0.3) is 8.32 Å². The molecule has 0 saturated carbocycles. The van der Waals surface area contributed by atoms with Gasteiger partial charge in [0, 0.05) is 12.0 Å². The molecule has 0 atom stereocenters. The standard InChI is InChI=1S/C23H32O3Si/c1-22(2,3)27(19-12-8-6-9-13-19,20-14-10-7-11-15-20)26-18-23(4,5)21-24-16-17-25-21/h6-15,21H,16-18H2,1-5H3. The van der Waals surface area contributed by atoms with E-state index in [4.69, 9.17) is 13.9 Å². The van der Waals surface area contributed by atoms with E-state index in [2.05, 4.69) is 95.3 Å². The zero-order valence-electron chi connectivity index (χ0n) is 17.2. The average Bonchev–Trinajstić information content (AvgIpc) is 3.18. The minimum atomic E-state index is -2.52. The second-order valence-electron chi connectivity index (χ2n) is 9.01. The molecule has 4 heteroatoms. The molecule has 0 aliphatic carbocycles. The fraction of sp³-hybridized carbons (Fsp3) is 0.478. The number of benzene rings is 2. The molecule has 1 aliphatic rings. The van der Waals surface area contributed by atoms with E-state index in [9.17, 15) is 0 Å². The molecule has 0 radical (unpaired) electrons. The molecular weight excluding hydrogens is 352 g/mol. The lowest BCUT2D eigenvalue weighted by atomic mass is 9.94. The van der Waals surface area contributed by atoms with Crippen molar-refractivity contribution in [2.24, 2.45) is 5.41 Å². The van der Waals surface area contributed by atoms with E-state index in [0.29, 0.717) is 19.8 Å². The Hall–Kier alpha value is -1.46. The molecule has 2 aromatic rings. The molecule has 146 valence electrons. The highest BCUT2D eigenvalue weighted by Gasteiger charge is 2.51. The molecule has 1 saturated heterocycles. The Morgan fingerprint density at radius 3 is 1.67 bits per heavy atom. The molecule has 27 heavy (non-hydrogen) atoms. The smallest absolute Gasteiger partial charge is 0.261 e. The largest absolute Gasteiger partial charge is 0.407 e. The molecule has 0 unspecified atom stereocenters. The molecular formula is C23H32O3Si. The first-order valence-corrected chi connectivity index (χ1v) is 11.7. The van der Waals surface area contributed by atoms with Crippen LogP contribution in [0.25, 0.3) is 0 Å². The first kappa shape index (κ1) is 20.3. The third-order valence-electron chi connectivity index (χ3n) is 5.34. The molecule has 3 rings (SSSR count). The average molecular weight is 385 g/mol. The van der Waals surface area contributed by atoms with Crippen LogP contribution < -0.4 is 10.4 Å². The predicted octanol–water partition coefficient (Wildman–Crippen LogP) is 3.96. The molecule has 1 fully saturated rings. The molecule has 2 aromatic carbocycles. The third kappa shape index (κ3) is 4.04. The second-order valence-corrected chi connectivity index (χ2v) is 13.3. The van der Waals surface area contributed by atoms with Crippen LogP contribution in [-0.4, -0.2) is 34.4 Å². The van der Waals surface area contributed by atoms with Crippen LogP contribution >= 0.6 is 0 Å². The lowest BCUT2D eigenvalue weighted by molar-refractivity contribution is -0.132. The fourth-order valence-corrected chi connectivity index (χ4v) is 8.68. The Kier molecular flexibility index (Phi) is 5.92. The minimum Gasteiger partial charge on any atom is -0.407 e. The maximum absolute atomic E-state index is 7.02. The number of hydrogen-bond acceptors (Lipinski definition) is 3. The summed E-state index contributed by atoms with van der Waals surface area (Å²) >= 11 is 0. The molecule has 1 heterocycles. The second kappa shape index (κ2) is 7.88. The third-order valence-corrected chi connectivity index (χ3v) is 10.3. The molecule has 0 amide bonds. The summed E-state index contributed by atoms with van der Waals surface area (Å²) in [6, 6.07) is 21.5. The van der Waals surface area contributed by atoms with Gasteiger partial charge in [-0.15, -0.1) is 0 Å². The summed E-state index contributed by atoms with van der Waals surface area (Å²) in [4.78, 5) is 0. The van der Waals surface area contributed by atoms with Gasteiger partial charge in [-0.25, -0.2) is 0 Å². The number of rotatable bonds is 6. The van der Waals surface area contributed by atoms with E-state index in [0.717, 1.165) is 0 Å². The summed E-state index contributed by atoms with van der Waals surface area (Å²) in [5.74, 6) is 0. The minimum absolute atomic E-state index is 0.0246. The fourth-order valence-electron chi connectivity index (χ4n) is 3.93. The normalized spacial score (nSPS) is 16.6. The summed E-state index contributed by atoms with van der Waals surface area (Å²) in [5.41, 5.74) is -0.219. The zero-order chi connectivity index (χ0) is 19.5. The highest BCUT2D eigenvalue weighted by Crippen LogP contribution is 2.38. The van der Waals surface area contributed by atoms with Crippen molar-refractivity contribution in [1.82, 2.24) is 0 Å². The van der Waals surface area contributed by atoms with E-state index in [-0.39, 0.29) is 16.7 Å². The number of hydrogen-bond donors (Lipinski definition) is 0. The Labute approximate surface area is 164 Å². The topological polar surface area (TPSA) is 27.7 Å². The Morgan fingerprint density at radius 2 is 1.26 bits per heavy atom.